The van der Waals surface area contributed by atoms with Gasteiger partial charge in [-0.3, -0.25) is 9.36 Å². The minimum absolute atomic E-state index is 0.456. The van der Waals surface area contributed by atoms with E-state index >= 15 is 0 Å². The quantitative estimate of drug-likeness (QED) is 0.540. The van der Waals surface area contributed by atoms with Crippen LogP contribution in [-0.2, 0) is 14.2 Å². The Bertz CT molecular complexity index is 258. The zero-order valence-corrected chi connectivity index (χ0v) is 8.25. The van der Waals surface area contributed by atoms with Crippen LogP contribution in [0.4, 0.5) is 0 Å². The minimum Gasteiger partial charge on any atom is -0.480 e. The number of hydrogen-bond donors (Lipinski definition) is 3. The first-order valence-electron chi connectivity index (χ1n) is 3.51. The average Bonchev–Trinajstić information content (AvgIpc) is 1.81. The molecular weight excluding hydrogens is 197 g/mol. The molecule has 0 aliphatic heterocycles. The summed E-state index contributed by atoms with van der Waals surface area (Å²) in [6.45, 7) is 2.19. The molecule has 0 aromatic carbocycles. The molecule has 0 radical (unpaired) electrons. The predicted molar refractivity (Wildman–Crippen MR) is 45.9 cm³/mol. The molecule has 3 N–H and O–H groups in total. The summed E-state index contributed by atoms with van der Waals surface area (Å²) in [7, 11) is -3.43. The van der Waals surface area contributed by atoms with E-state index in [0.29, 0.717) is 0 Å². The first-order chi connectivity index (χ1) is 5.72. The van der Waals surface area contributed by atoms with E-state index in [-0.39, 0.29) is 0 Å². The van der Waals surface area contributed by atoms with Crippen LogP contribution in [0.3, 0.4) is 0 Å². The van der Waals surface area contributed by atoms with Gasteiger partial charge in [0.2, 0.25) is 5.91 Å². The lowest BCUT2D eigenvalue weighted by Crippen LogP contribution is -2.42. The van der Waals surface area contributed by atoms with E-state index in [1.807, 2.05) is 0 Å². The molecule has 2 unspecified atom stereocenters. The smallest absolute Gasteiger partial charge is 0.326 e. The van der Waals surface area contributed by atoms with Crippen molar-refractivity contribution < 1.29 is 24.2 Å². The molecule has 0 bridgehead atoms. The SMILES string of the molecule is CC(=O)NC(CP(C)(=O)O)C(=O)O. The van der Waals surface area contributed by atoms with E-state index in [1.165, 1.54) is 0 Å². The third kappa shape index (κ3) is 6.31. The molecule has 0 heterocycles. The lowest BCUT2D eigenvalue weighted by atomic mass is 10.3. The van der Waals surface area contributed by atoms with Crippen molar-refractivity contribution in [2.45, 2.75) is 13.0 Å². The zero-order valence-electron chi connectivity index (χ0n) is 7.35. The Kier molecular flexibility index (Phi) is 4.10. The monoisotopic (exact) mass is 209 g/mol. The first-order valence-corrected chi connectivity index (χ1v) is 5.81. The molecule has 0 saturated carbocycles. The number of nitrogens with one attached hydrogen (secondary N) is 1. The van der Waals surface area contributed by atoms with Crippen LogP contribution in [0.1, 0.15) is 6.92 Å². The summed E-state index contributed by atoms with van der Waals surface area (Å²) in [5.74, 6) is -1.85. The molecule has 0 aliphatic carbocycles. The van der Waals surface area contributed by atoms with Gasteiger partial charge in [-0.15, -0.1) is 0 Å². The van der Waals surface area contributed by atoms with E-state index in [2.05, 4.69) is 5.32 Å². The van der Waals surface area contributed by atoms with Crippen molar-refractivity contribution in [1.29, 1.82) is 0 Å². The Labute approximate surface area is 75.4 Å². The molecule has 76 valence electrons. The maximum atomic E-state index is 10.9. The maximum absolute atomic E-state index is 10.9. The molecule has 0 saturated heterocycles. The van der Waals surface area contributed by atoms with Crippen LogP contribution in [-0.4, -0.2) is 40.7 Å². The molecule has 2 atom stereocenters. The van der Waals surface area contributed by atoms with Gasteiger partial charge in [0.05, 0.1) is 6.16 Å². The number of amides is 1. The second-order valence-electron chi connectivity index (χ2n) is 2.82. The first kappa shape index (κ1) is 12.1. The number of carboxylic acid groups (broad SMARTS) is 1. The van der Waals surface area contributed by atoms with Crippen molar-refractivity contribution in [3.8, 4) is 0 Å². The van der Waals surface area contributed by atoms with Gasteiger partial charge in [0.1, 0.15) is 6.04 Å². The molecule has 13 heavy (non-hydrogen) atoms. The Hall–Kier alpha value is -0.870. The summed E-state index contributed by atoms with van der Waals surface area (Å²) in [4.78, 5) is 29.9. The highest BCUT2D eigenvalue weighted by atomic mass is 31.2. The number of aliphatic carboxylic acids is 1. The van der Waals surface area contributed by atoms with Crippen LogP contribution >= 0.6 is 7.37 Å². The Balaban J connectivity index is 4.36. The van der Waals surface area contributed by atoms with Gasteiger partial charge in [-0.05, 0) is 0 Å². The second kappa shape index (κ2) is 4.39. The summed E-state index contributed by atoms with van der Waals surface area (Å²) >= 11 is 0. The van der Waals surface area contributed by atoms with Gasteiger partial charge in [0.15, 0.2) is 7.37 Å². The highest BCUT2D eigenvalue weighted by Crippen LogP contribution is 2.35. The summed E-state index contributed by atoms with van der Waals surface area (Å²) in [5.41, 5.74) is 0. The van der Waals surface area contributed by atoms with Gasteiger partial charge < -0.3 is 15.3 Å². The molecule has 0 spiro atoms. The summed E-state index contributed by atoms with van der Waals surface area (Å²) < 4.78 is 10.9. The van der Waals surface area contributed by atoms with Crippen LogP contribution in [0.25, 0.3) is 0 Å². The molecule has 0 rings (SSSR count). The fraction of sp³-hybridized carbons (Fsp3) is 0.667. The molecule has 0 fully saturated rings. The molecule has 1 amide bonds. The molecule has 7 heteroatoms. The van der Waals surface area contributed by atoms with Crippen molar-refractivity contribution in [2.24, 2.45) is 0 Å². The van der Waals surface area contributed by atoms with Crippen molar-refractivity contribution in [1.82, 2.24) is 5.32 Å². The molecule has 0 aliphatic rings. The van der Waals surface area contributed by atoms with E-state index in [9.17, 15) is 14.2 Å². The highest BCUT2D eigenvalue weighted by Gasteiger charge is 2.25. The number of hydrogen-bond acceptors (Lipinski definition) is 3. The molecule has 0 aromatic rings. The number of carbonyl (C=O) groups excluding carboxylic acids is 1. The number of carboxylic acids is 1. The van der Waals surface area contributed by atoms with Crippen LogP contribution in [0.5, 0.6) is 0 Å². The Morgan fingerprint density at radius 3 is 2.23 bits per heavy atom. The minimum atomic E-state index is -3.43. The maximum Gasteiger partial charge on any atom is 0.326 e. The standard InChI is InChI=1S/C6H12NO5P/c1-4(8)7-5(6(9)10)3-13(2,11)12/h5H,3H2,1-2H3,(H,7,8)(H,9,10)(H,11,12). The van der Waals surface area contributed by atoms with Crippen molar-refractivity contribution in [3.63, 3.8) is 0 Å². The Morgan fingerprint density at radius 1 is 1.54 bits per heavy atom. The fourth-order valence-corrected chi connectivity index (χ4v) is 1.69. The second-order valence-corrected chi connectivity index (χ2v) is 5.29. The van der Waals surface area contributed by atoms with E-state index in [4.69, 9.17) is 10.00 Å². The lowest BCUT2D eigenvalue weighted by molar-refractivity contribution is -0.140. The van der Waals surface area contributed by atoms with E-state index < -0.39 is 31.4 Å². The largest absolute Gasteiger partial charge is 0.480 e. The third-order valence-electron chi connectivity index (χ3n) is 1.20. The van der Waals surface area contributed by atoms with Gasteiger partial charge >= 0.3 is 5.97 Å². The van der Waals surface area contributed by atoms with Crippen LogP contribution in [0, 0.1) is 0 Å². The van der Waals surface area contributed by atoms with Crippen LogP contribution in [0.15, 0.2) is 0 Å². The average molecular weight is 209 g/mol. The van der Waals surface area contributed by atoms with Crippen molar-refractivity contribution in [2.75, 3.05) is 12.8 Å². The van der Waals surface area contributed by atoms with E-state index in [0.717, 1.165) is 13.6 Å². The summed E-state index contributed by atoms with van der Waals surface area (Å²) in [6.07, 6.45) is -0.456. The van der Waals surface area contributed by atoms with Crippen LogP contribution < -0.4 is 5.32 Å². The molecular formula is C6H12NO5P. The Morgan fingerprint density at radius 2 is 2.00 bits per heavy atom. The summed E-state index contributed by atoms with van der Waals surface area (Å²) in [5, 5.41) is 10.6. The van der Waals surface area contributed by atoms with Gasteiger partial charge in [-0.25, -0.2) is 4.79 Å². The molecule has 0 aromatic heterocycles. The topological polar surface area (TPSA) is 104 Å². The highest BCUT2D eigenvalue weighted by molar-refractivity contribution is 7.57. The van der Waals surface area contributed by atoms with Crippen LogP contribution in [0.2, 0.25) is 0 Å². The van der Waals surface area contributed by atoms with Crippen molar-refractivity contribution >= 4 is 19.2 Å². The van der Waals surface area contributed by atoms with Gasteiger partial charge in [-0.1, -0.05) is 0 Å². The predicted octanol–water partition coefficient (Wildman–Crippen LogP) is -0.524. The van der Waals surface area contributed by atoms with E-state index in [1.54, 1.807) is 0 Å². The number of rotatable bonds is 4. The zero-order chi connectivity index (χ0) is 10.6. The fourth-order valence-electron chi connectivity index (χ4n) is 0.770. The lowest BCUT2D eigenvalue weighted by Gasteiger charge is -2.14. The number of carbonyl (C=O) groups is 2. The molecule has 6 nitrogen and oxygen atoms in total. The normalized spacial score (nSPS) is 17.2. The van der Waals surface area contributed by atoms with Crippen molar-refractivity contribution in [3.05, 3.63) is 0 Å². The third-order valence-corrected chi connectivity index (χ3v) is 2.24. The van der Waals surface area contributed by atoms with Gasteiger partial charge in [0.25, 0.3) is 0 Å². The summed E-state index contributed by atoms with van der Waals surface area (Å²) in [6, 6.07) is -1.29. The van der Waals surface area contributed by atoms with Gasteiger partial charge in [-0.2, -0.15) is 0 Å². The van der Waals surface area contributed by atoms with Gasteiger partial charge in [0, 0.05) is 13.6 Å².